The van der Waals surface area contributed by atoms with Gasteiger partial charge in [-0.05, 0) is 26.0 Å². The third-order valence-corrected chi connectivity index (χ3v) is 4.21. The molecule has 0 radical (unpaired) electrons. The van der Waals surface area contributed by atoms with Gasteiger partial charge in [0, 0.05) is 9.88 Å². The second-order valence-corrected chi connectivity index (χ2v) is 6.00. The number of fused-ring (bicyclic) bond motifs is 2. The monoisotopic (exact) mass is 222 g/mol. The van der Waals surface area contributed by atoms with Gasteiger partial charge in [0.2, 0.25) is 0 Å². The van der Waals surface area contributed by atoms with E-state index in [4.69, 9.17) is 0 Å². The highest BCUT2D eigenvalue weighted by atomic mass is 32.1. The van der Waals surface area contributed by atoms with Crippen LogP contribution in [-0.2, 0) is 0 Å². The lowest BCUT2D eigenvalue weighted by Crippen LogP contribution is -1.99. The summed E-state index contributed by atoms with van der Waals surface area (Å²) in [5.41, 5.74) is 2.34. The van der Waals surface area contributed by atoms with E-state index < -0.39 is 0 Å². The van der Waals surface area contributed by atoms with Gasteiger partial charge in [0.1, 0.15) is 0 Å². The van der Waals surface area contributed by atoms with Crippen molar-refractivity contribution in [3.63, 3.8) is 0 Å². The first-order valence-corrected chi connectivity index (χ1v) is 6.17. The van der Waals surface area contributed by atoms with E-state index in [1.807, 2.05) is 0 Å². The van der Waals surface area contributed by atoms with E-state index >= 15 is 0 Å². The van der Waals surface area contributed by atoms with Gasteiger partial charge in [0.05, 0.1) is 20.9 Å². The van der Waals surface area contributed by atoms with E-state index in [-0.39, 0.29) is 0 Å². The van der Waals surface area contributed by atoms with Gasteiger partial charge in [0.15, 0.2) is 0 Å². The zero-order valence-corrected chi connectivity index (χ0v) is 9.67. The summed E-state index contributed by atoms with van der Waals surface area (Å²) in [5.74, 6) is 0. The fourth-order valence-corrected chi connectivity index (χ4v) is 3.58. The Balaban J connectivity index is 2.31. The van der Waals surface area contributed by atoms with E-state index in [0.29, 0.717) is 0 Å². The molecule has 0 bridgehead atoms. The number of nitrogens with zero attached hydrogens (tertiary/aromatic N) is 1. The largest absolute Gasteiger partial charge is 0.353 e. The standard InChI is InChI=1S/C10H10N2S2/c1-5-11-7-3-8-10(4-9(7)13-5)14-6(2)12-8/h3-4,11,13H,1-2H3. The fourth-order valence-electron chi connectivity index (χ4n) is 1.67. The van der Waals surface area contributed by atoms with Gasteiger partial charge in [0.25, 0.3) is 0 Å². The predicted molar refractivity (Wildman–Crippen MR) is 65.9 cm³/mol. The molecule has 4 heteroatoms. The zero-order valence-electron chi connectivity index (χ0n) is 7.96. The van der Waals surface area contributed by atoms with Crippen LogP contribution in [0.25, 0.3) is 10.2 Å². The summed E-state index contributed by atoms with van der Waals surface area (Å²) in [6.45, 7) is 4.17. The Bertz CT molecular complexity index is 554. The summed E-state index contributed by atoms with van der Waals surface area (Å²) in [7, 11) is 0. The Morgan fingerprint density at radius 2 is 2.21 bits per heavy atom. The molecule has 1 aromatic heterocycles. The highest BCUT2D eigenvalue weighted by Crippen LogP contribution is 2.35. The molecule has 72 valence electrons. The van der Waals surface area contributed by atoms with Crippen molar-refractivity contribution in [1.29, 1.82) is 0 Å². The maximum atomic E-state index is 4.48. The molecule has 1 aliphatic rings. The molecule has 0 spiro atoms. The number of nitrogens with one attached hydrogen (secondary N) is 1. The van der Waals surface area contributed by atoms with Crippen LogP contribution in [-0.4, -0.2) is 9.97 Å². The van der Waals surface area contributed by atoms with Crippen LogP contribution >= 0.6 is 22.7 Å². The van der Waals surface area contributed by atoms with E-state index in [0.717, 1.165) is 10.5 Å². The summed E-state index contributed by atoms with van der Waals surface area (Å²) in [6.07, 6.45) is 0. The molecule has 0 saturated heterocycles. The van der Waals surface area contributed by atoms with Crippen LogP contribution in [0.3, 0.4) is 0 Å². The fraction of sp³-hybridized carbons (Fsp3) is 0.200. The van der Waals surface area contributed by atoms with Crippen molar-refractivity contribution in [3.8, 4) is 0 Å². The zero-order chi connectivity index (χ0) is 9.71. The molecular weight excluding hydrogens is 212 g/mol. The normalized spacial score (nSPS) is 14.6. The molecule has 0 unspecified atom stereocenters. The van der Waals surface area contributed by atoms with E-state index in [1.165, 1.54) is 31.6 Å². The molecule has 1 aromatic carbocycles. The average Bonchev–Trinajstić information content (AvgIpc) is 2.59. The molecule has 0 amide bonds. The van der Waals surface area contributed by atoms with Gasteiger partial charge in [-0.15, -0.1) is 22.7 Å². The molecule has 3 rings (SSSR count). The minimum atomic E-state index is 1.11. The number of thiazole rings is 1. The number of aromatic nitrogens is 1. The lowest BCUT2D eigenvalue weighted by molar-refractivity contribution is 1.34. The van der Waals surface area contributed by atoms with Gasteiger partial charge in [-0.2, -0.15) is 0 Å². The number of thiol groups is 1. The van der Waals surface area contributed by atoms with E-state index in [2.05, 4.69) is 36.3 Å². The van der Waals surface area contributed by atoms with Crippen molar-refractivity contribution in [2.45, 2.75) is 18.7 Å². The van der Waals surface area contributed by atoms with Gasteiger partial charge >= 0.3 is 0 Å². The topological polar surface area (TPSA) is 24.9 Å². The summed E-state index contributed by atoms with van der Waals surface area (Å²) < 4.78 is 1.30. The minimum absolute atomic E-state index is 1.11. The lowest BCUT2D eigenvalue weighted by Gasteiger charge is -1.99. The quantitative estimate of drug-likeness (QED) is 0.529. The highest BCUT2D eigenvalue weighted by molar-refractivity contribution is 7.99. The van der Waals surface area contributed by atoms with Crippen LogP contribution in [0, 0.1) is 6.92 Å². The Labute approximate surface area is 89.9 Å². The van der Waals surface area contributed by atoms with Crippen molar-refractivity contribution in [2.24, 2.45) is 0 Å². The third kappa shape index (κ3) is 1.18. The second kappa shape index (κ2) is 2.81. The van der Waals surface area contributed by atoms with Gasteiger partial charge < -0.3 is 5.32 Å². The maximum Gasteiger partial charge on any atom is 0.0907 e. The molecule has 1 N–H and O–H groups in total. The van der Waals surface area contributed by atoms with Crippen molar-refractivity contribution >= 4 is 43.6 Å². The van der Waals surface area contributed by atoms with Crippen molar-refractivity contribution in [3.05, 3.63) is 17.1 Å². The Morgan fingerprint density at radius 3 is 3.07 bits per heavy atom. The molecule has 2 heterocycles. The number of anilines is 1. The summed E-state index contributed by atoms with van der Waals surface area (Å²) >= 11 is 3.07. The van der Waals surface area contributed by atoms with Gasteiger partial charge in [-0.25, -0.2) is 4.98 Å². The lowest BCUT2D eigenvalue weighted by atomic mass is 10.3. The van der Waals surface area contributed by atoms with Gasteiger partial charge in [-0.1, -0.05) is 0 Å². The van der Waals surface area contributed by atoms with Crippen LogP contribution in [0.15, 0.2) is 17.0 Å². The molecule has 0 aliphatic carbocycles. The first-order chi connectivity index (χ1) is 6.72. The first-order valence-electron chi connectivity index (χ1n) is 4.46. The average molecular weight is 222 g/mol. The summed E-state index contributed by atoms with van der Waals surface area (Å²) in [4.78, 5) is 7.16. The smallest absolute Gasteiger partial charge is 0.0907 e. The van der Waals surface area contributed by atoms with Crippen LogP contribution < -0.4 is 5.32 Å². The number of rotatable bonds is 0. The molecular formula is C10H10N2S2. The summed E-state index contributed by atoms with van der Waals surface area (Å²) in [6, 6.07) is 4.40. The molecule has 0 saturated carbocycles. The number of benzene rings is 1. The van der Waals surface area contributed by atoms with Crippen LogP contribution in [0.2, 0.25) is 0 Å². The van der Waals surface area contributed by atoms with E-state index in [9.17, 15) is 0 Å². The molecule has 14 heavy (non-hydrogen) atoms. The number of aryl methyl sites for hydroxylation is 1. The van der Waals surface area contributed by atoms with Crippen molar-refractivity contribution in [1.82, 2.24) is 4.98 Å². The molecule has 0 fully saturated rings. The van der Waals surface area contributed by atoms with Crippen LogP contribution in [0.5, 0.6) is 0 Å². The highest BCUT2D eigenvalue weighted by Gasteiger charge is 2.11. The molecule has 0 atom stereocenters. The predicted octanol–water partition coefficient (Wildman–Crippen LogP) is 3.00. The van der Waals surface area contributed by atoms with Crippen LogP contribution in [0.1, 0.15) is 11.9 Å². The maximum absolute atomic E-state index is 4.48. The number of hydrogen-bond acceptors (Lipinski definition) is 3. The van der Waals surface area contributed by atoms with E-state index in [1.54, 1.807) is 11.3 Å². The third-order valence-electron chi connectivity index (χ3n) is 2.22. The Hall–Kier alpha value is -0.870. The molecule has 2 aromatic rings. The molecule has 1 aliphatic heterocycles. The Kier molecular flexibility index (Phi) is 1.69. The summed E-state index contributed by atoms with van der Waals surface area (Å²) in [5, 5.41) is 4.51. The SMILES string of the molecule is CC1=[SH]c2cc3sc(C)nc3cc2N1. The Morgan fingerprint density at radius 1 is 1.36 bits per heavy atom. The molecule has 2 nitrogen and oxygen atoms in total. The van der Waals surface area contributed by atoms with Crippen molar-refractivity contribution in [2.75, 3.05) is 5.32 Å². The van der Waals surface area contributed by atoms with Gasteiger partial charge in [-0.3, -0.25) is 0 Å². The first kappa shape index (κ1) is 8.44. The van der Waals surface area contributed by atoms with Crippen molar-refractivity contribution < 1.29 is 0 Å². The minimum Gasteiger partial charge on any atom is -0.353 e. The van der Waals surface area contributed by atoms with Crippen LogP contribution in [0.4, 0.5) is 5.69 Å². The second-order valence-electron chi connectivity index (χ2n) is 3.39. The number of hydrogen-bond donors (Lipinski definition) is 2.